The SMILES string of the molecule is CCCCCCCCOC(=O)CCc1nnc2ccc(OC)nn12. The molecule has 2 rings (SSSR count). The van der Waals surface area contributed by atoms with E-state index in [4.69, 9.17) is 9.47 Å². The second-order valence-corrected chi connectivity index (χ2v) is 5.75. The van der Waals surface area contributed by atoms with Gasteiger partial charge < -0.3 is 9.47 Å². The average molecular weight is 334 g/mol. The van der Waals surface area contributed by atoms with Crippen molar-refractivity contribution < 1.29 is 14.3 Å². The summed E-state index contributed by atoms with van der Waals surface area (Å²) in [6, 6.07) is 3.50. The molecule has 7 heteroatoms. The van der Waals surface area contributed by atoms with E-state index in [1.54, 1.807) is 23.8 Å². The number of ether oxygens (including phenoxy) is 2. The number of rotatable bonds is 11. The number of hydrogen-bond donors (Lipinski definition) is 0. The van der Waals surface area contributed by atoms with Crippen molar-refractivity contribution in [1.29, 1.82) is 0 Å². The van der Waals surface area contributed by atoms with Gasteiger partial charge in [-0.1, -0.05) is 39.0 Å². The second kappa shape index (κ2) is 9.85. The van der Waals surface area contributed by atoms with Gasteiger partial charge in [-0.15, -0.1) is 15.3 Å². The summed E-state index contributed by atoms with van der Waals surface area (Å²) in [5.74, 6) is 0.901. The largest absolute Gasteiger partial charge is 0.480 e. The van der Waals surface area contributed by atoms with Gasteiger partial charge in [0.25, 0.3) is 0 Å². The maximum absolute atomic E-state index is 11.8. The normalized spacial score (nSPS) is 10.9. The van der Waals surface area contributed by atoms with Crippen molar-refractivity contribution in [3.63, 3.8) is 0 Å². The van der Waals surface area contributed by atoms with Gasteiger partial charge in [-0.25, -0.2) is 0 Å². The molecule has 24 heavy (non-hydrogen) atoms. The third kappa shape index (κ3) is 5.47. The molecular weight excluding hydrogens is 308 g/mol. The van der Waals surface area contributed by atoms with E-state index in [1.165, 1.54) is 25.7 Å². The average Bonchev–Trinajstić information content (AvgIpc) is 3.01. The summed E-state index contributed by atoms with van der Waals surface area (Å²) in [5, 5.41) is 12.4. The van der Waals surface area contributed by atoms with Crippen molar-refractivity contribution in [3.8, 4) is 5.88 Å². The highest BCUT2D eigenvalue weighted by Crippen LogP contribution is 2.10. The van der Waals surface area contributed by atoms with Crippen molar-refractivity contribution in [2.24, 2.45) is 0 Å². The molecule has 2 aromatic rings. The Labute approximate surface area is 142 Å². The molecule has 0 aliphatic carbocycles. The zero-order chi connectivity index (χ0) is 17.2. The topological polar surface area (TPSA) is 78.6 Å². The minimum atomic E-state index is -0.205. The van der Waals surface area contributed by atoms with Crippen LogP contribution < -0.4 is 4.74 Å². The number of esters is 1. The Morgan fingerprint density at radius 2 is 1.92 bits per heavy atom. The predicted molar refractivity (Wildman–Crippen MR) is 90.0 cm³/mol. The van der Waals surface area contributed by atoms with Crippen molar-refractivity contribution in [2.75, 3.05) is 13.7 Å². The second-order valence-electron chi connectivity index (χ2n) is 5.75. The number of carbonyl (C=O) groups excluding carboxylic acids is 1. The van der Waals surface area contributed by atoms with Gasteiger partial charge in [-0.3, -0.25) is 4.79 Å². The molecule has 0 saturated heterocycles. The highest BCUT2D eigenvalue weighted by molar-refractivity contribution is 5.69. The number of nitrogens with zero attached hydrogens (tertiary/aromatic N) is 4. The van der Waals surface area contributed by atoms with Gasteiger partial charge in [-0.2, -0.15) is 4.52 Å². The summed E-state index contributed by atoms with van der Waals surface area (Å²) in [7, 11) is 1.55. The van der Waals surface area contributed by atoms with Crippen LogP contribution in [0, 0.1) is 0 Å². The summed E-state index contributed by atoms with van der Waals surface area (Å²) in [5.41, 5.74) is 0.631. The summed E-state index contributed by atoms with van der Waals surface area (Å²) in [6.07, 6.45) is 7.77. The van der Waals surface area contributed by atoms with E-state index in [2.05, 4.69) is 22.2 Å². The van der Waals surface area contributed by atoms with Crippen LogP contribution in [0.2, 0.25) is 0 Å². The van der Waals surface area contributed by atoms with Crippen molar-refractivity contribution in [3.05, 3.63) is 18.0 Å². The molecule has 2 aromatic heterocycles. The first-order chi connectivity index (χ1) is 11.7. The molecule has 0 radical (unpaired) electrons. The quantitative estimate of drug-likeness (QED) is 0.464. The van der Waals surface area contributed by atoms with Crippen molar-refractivity contribution in [2.45, 2.75) is 58.3 Å². The molecular formula is C17H26N4O3. The maximum atomic E-state index is 11.8. The molecule has 7 nitrogen and oxygen atoms in total. The highest BCUT2D eigenvalue weighted by Gasteiger charge is 2.11. The molecule has 0 unspecified atom stereocenters. The summed E-state index contributed by atoms with van der Waals surface area (Å²) >= 11 is 0. The number of aryl methyl sites for hydroxylation is 1. The van der Waals surface area contributed by atoms with Crippen molar-refractivity contribution >= 4 is 11.6 Å². The Balaban J connectivity index is 1.70. The number of fused-ring (bicyclic) bond motifs is 1. The smallest absolute Gasteiger partial charge is 0.306 e. The van der Waals surface area contributed by atoms with E-state index in [9.17, 15) is 4.79 Å². The van der Waals surface area contributed by atoms with Gasteiger partial charge >= 0.3 is 5.97 Å². The fourth-order valence-corrected chi connectivity index (χ4v) is 2.44. The molecule has 0 amide bonds. The highest BCUT2D eigenvalue weighted by atomic mass is 16.5. The third-order valence-corrected chi connectivity index (χ3v) is 3.83. The van der Waals surface area contributed by atoms with Gasteiger partial charge in [-0.05, 0) is 12.5 Å². The minimum absolute atomic E-state index is 0.205. The van der Waals surface area contributed by atoms with E-state index in [-0.39, 0.29) is 12.4 Å². The minimum Gasteiger partial charge on any atom is -0.480 e. The molecule has 0 N–H and O–H groups in total. The number of hydrogen-bond acceptors (Lipinski definition) is 6. The zero-order valence-corrected chi connectivity index (χ0v) is 14.5. The summed E-state index contributed by atoms with van der Waals surface area (Å²) in [4.78, 5) is 11.8. The lowest BCUT2D eigenvalue weighted by atomic mass is 10.1. The molecule has 0 bridgehead atoms. The monoisotopic (exact) mass is 334 g/mol. The van der Waals surface area contributed by atoms with Gasteiger partial charge in [0.2, 0.25) is 5.88 Å². The lowest BCUT2D eigenvalue weighted by Gasteiger charge is -2.05. The van der Waals surface area contributed by atoms with Crippen LogP contribution in [0.3, 0.4) is 0 Å². The van der Waals surface area contributed by atoms with E-state index in [0.717, 1.165) is 12.8 Å². The van der Waals surface area contributed by atoms with E-state index in [1.807, 2.05) is 0 Å². The van der Waals surface area contributed by atoms with E-state index in [0.29, 0.717) is 30.4 Å². The van der Waals surface area contributed by atoms with Crippen LogP contribution in [0.5, 0.6) is 5.88 Å². The first kappa shape index (κ1) is 18.2. The van der Waals surface area contributed by atoms with Gasteiger partial charge in [0, 0.05) is 12.5 Å². The molecule has 0 atom stereocenters. The molecule has 0 spiro atoms. The van der Waals surface area contributed by atoms with Gasteiger partial charge in [0.05, 0.1) is 20.1 Å². The Hall–Kier alpha value is -2.18. The van der Waals surface area contributed by atoms with Crippen LogP contribution >= 0.6 is 0 Å². The van der Waals surface area contributed by atoms with Crippen LogP contribution in [0.4, 0.5) is 0 Å². The fourth-order valence-electron chi connectivity index (χ4n) is 2.44. The molecule has 0 fully saturated rings. The zero-order valence-electron chi connectivity index (χ0n) is 14.5. The summed E-state index contributed by atoms with van der Waals surface area (Å²) < 4.78 is 12.0. The molecule has 132 valence electrons. The molecule has 0 aromatic carbocycles. The van der Waals surface area contributed by atoms with Crippen LogP contribution in [0.1, 0.15) is 57.7 Å². The Bertz CT molecular complexity index is 642. The Kier molecular flexibility index (Phi) is 7.45. The third-order valence-electron chi connectivity index (χ3n) is 3.83. The fraction of sp³-hybridized carbons (Fsp3) is 0.647. The van der Waals surface area contributed by atoms with E-state index < -0.39 is 0 Å². The predicted octanol–water partition coefficient (Wildman–Crippen LogP) is 2.97. The number of aromatic nitrogens is 4. The van der Waals surface area contributed by atoms with Crippen LogP contribution in [0.25, 0.3) is 5.65 Å². The van der Waals surface area contributed by atoms with Gasteiger partial charge in [0.1, 0.15) is 0 Å². The Morgan fingerprint density at radius 3 is 2.71 bits per heavy atom. The van der Waals surface area contributed by atoms with Crippen LogP contribution in [-0.4, -0.2) is 39.5 Å². The number of unbranched alkanes of at least 4 members (excludes halogenated alkanes) is 5. The first-order valence-electron chi connectivity index (χ1n) is 8.65. The first-order valence-corrected chi connectivity index (χ1v) is 8.65. The standard InChI is InChI=1S/C17H26N4O3/c1-3-4-5-6-7-8-13-24-17(22)12-10-15-19-18-14-9-11-16(23-2)20-21(14)15/h9,11H,3-8,10,12-13H2,1-2H3. The van der Waals surface area contributed by atoms with Gasteiger partial charge in [0.15, 0.2) is 11.5 Å². The molecule has 0 saturated carbocycles. The molecule has 2 heterocycles. The molecule has 0 aliphatic heterocycles. The number of methoxy groups -OCH3 is 1. The van der Waals surface area contributed by atoms with Crippen LogP contribution in [-0.2, 0) is 16.0 Å². The Morgan fingerprint density at radius 1 is 1.12 bits per heavy atom. The number of carbonyl (C=O) groups is 1. The van der Waals surface area contributed by atoms with Crippen LogP contribution in [0.15, 0.2) is 12.1 Å². The summed E-state index contributed by atoms with van der Waals surface area (Å²) in [6.45, 7) is 2.70. The lowest BCUT2D eigenvalue weighted by molar-refractivity contribution is -0.143. The maximum Gasteiger partial charge on any atom is 0.306 e. The van der Waals surface area contributed by atoms with E-state index >= 15 is 0 Å². The van der Waals surface area contributed by atoms with Crippen molar-refractivity contribution in [1.82, 2.24) is 19.8 Å². The molecule has 0 aliphatic rings. The lowest BCUT2D eigenvalue weighted by Crippen LogP contribution is -2.09.